The number of hydrogen-bond donors (Lipinski definition) is 10. The van der Waals surface area contributed by atoms with Gasteiger partial charge < -0.3 is 53.2 Å². The maximum atomic E-state index is 10.3. The summed E-state index contributed by atoms with van der Waals surface area (Å²) in [6.07, 6.45) is -2.29. The number of carboxylic acid groups (broad SMARTS) is 4. The quantitative estimate of drug-likeness (QED) is 0.163. The highest BCUT2D eigenvalue weighted by molar-refractivity contribution is 5.88. The van der Waals surface area contributed by atoms with E-state index in [1.54, 1.807) is 0 Å². The smallest absolute Gasteiger partial charge is 0.336 e. The van der Waals surface area contributed by atoms with E-state index in [0.717, 1.165) is 27.1 Å². The second-order valence-corrected chi connectivity index (χ2v) is 4.32. The van der Waals surface area contributed by atoms with Crippen LogP contribution >= 0.6 is 0 Å². The molecule has 0 fully saturated rings. The zero-order valence-electron chi connectivity index (χ0n) is 16.3. The van der Waals surface area contributed by atoms with Crippen molar-refractivity contribution in [2.24, 2.45) is 17.2 Å². The predicted octanol–water partition coefficient (Wildman–Crippen LogP) is -2.84. The van der Waals surface area contributed by atoms with E-state index < -0.39 is 42.3 Å². The Balaban J connectivity index is -0.0000000700. The van der Waals surface area contributed by atoms with Gasteiger partial charge in [0.25, 0.3) is 5.97 Å². The third-order valence-corrected chi connectivity index (χ3v) is 1.93. The number of carbonyl (C=O) groups is 4. The normalized spacial score (nSPS) is 8.41. The molecule has 0 rings (SSSR count). The van der Waals surface area contributed by atoms with Crippen LogP contribution in [0.25, 0.3) is 0 Å². The molecule has 14 heteroatoms. The molecule has 0 radical (unpaired) electrons. The van der Waals surface area contributed by atoms with Crippen molar-refractivity contribution in [3.8, 4) is 0 Å². The van der Waals surface area contributed by atoms with E-state index in [9.17, 15) is 14.4 Å². The summed E-state index contributed by atoms with van der Waals surface area (Å²) in [5, 5.41) is 51.3. The van der Waals surface area contributed by atoms with Gasteiger partial charge in [-0.1, -0.05) is 7.43 Å². The maximum absolute atomic E-state index is 10.3. The summed E-state index contributed by atoms with van der Waals surface area (Å²) >= 11 is 0. The molecule has 0 amide bonds. The lowest BCUT2D eigenvalue weighted by Crippen LogP contribution is -2.42. The molecule has 0 aliphatic rings. The molecule has 0 atom stereocenters. The first-order chi connectivity index (χ1) is 12.9. The summed E-state index contributed by atoms with van der Waals surface area (Å²) in [6, 6.07) is 0. The SMILES string of the molecule is C.CC(=O)O.CN.CO.NCCNCCN.O=C(O)CC(O)(CC(=O)O)C(=O)O. The molecule has 178 valence electrons. The zero-order valence-corrected chi connectivity index (χ0v) is 16.3. The van der Waals surface area contributed by atoms with Crippen molar-refractivity contribution >= 4 is 23.9 Å². The van der Waals surface area contributed by atoms with Gasteiger partial charge in [-0.05, 0) is 7.05 Å². The van der Waals surface area contributed by atoms with Crippen LogP contribution in [0.2, 0.25) is 0 Å². The molecule has 0 unspecified atom stereocenters. The van der Waals surface area contributed by atoms with Gasteiger partial charge in [-0.2, -0.15) is 0 Å². The molecule has 0 aromatic heterocycles. The van der Waals surface area contributed by atoms with E-state index in [-0.39, 0.29) is 7.43 Å². The molecule has 14 nitrogen and oxygen atoms in total. The first kappa shape index (κ1) is 41.1. The lowest BCUT2D eigenvalue weighted by molar-refractivity contribution is -0.170. The highest BCUT2D eigenvalue weighted by Crippen LogP contribution is 2.15. The Bertz CT molecular complexity index is 385. The third-order valence-electron chi connectivity index (χ3n) is 1.93. The van der Waals surface area contributed by atoms with Crippen LogP contribution in [0, 0.1) is 0 Å². The van der Waals surface area contributed by atoms with Crippen molar-refractivity contribution < 1.29 is 49.8 Å². The zero-order chi connectivity index (χ0) is 23.8. The van der Waals surface area contributed by atoms with Gasteiger partial charge in [0.05, 0.1) is 12.8 Å². The summed E-state index contributed by atoms with van der Waals surface area (Å²) in [5.41, 5.74) is 12.1. The van der Waals surface area contributed by atoms with Crippen LogP contribution in [0.4, 0.5) is 0 Å². The number of aliphatic hydroxyl groups excluding tert-OH is 1. The summed E-state index contributed by atoms with van der Waals surface area (Å²) in [7, 11) is 2.50. The number of aliphatic hydroxyl groups is 2. The Morgan fingerprint density at radius 2 is 1.07 bits per heavy atom. The lowest BCUT2D eigenvalue weighted by atomic mass is 9.96. The molecular formula is C15H38N4O10. The Hall–Kier alpha value is -2.36. The van der Waals surface area contributed by atoms with E-state index in [1.165, 1.54) is 7.05 Å². The molecule has 0 bridgehead atoms. The highest BCUT2D eigenvalue weighted by Gasteiger charge is 2.40. The van der Waals surface area contributed by atoms with E-state index in [2.05, 4.69) is 11.1 Å². The van der Waals surface area contributed by atoms with Gasteiger partial charge in [0, 0.05) is 40.2 Å². The van der Waals surface area contributed by atoms with Gasteiger partial charge in [0.1, 0.15) is 0 Å². The second kappa shape index (κ2) is 30.4. The number of aliphatic carboxylic acids is 4. The van der Waals surface area contributed by atoms with Crippen molar-refractivity contribution in [1.82, 2.24) is 5.32 Å². The number of hydrogen-bond acceptors (Lipinski definition) is 10. The Morgan fingerprint density at radius 1 is 0.828 bits per heavy atom. The molecule has 0 aliphatic carbocycles. The number of nitrogens with two attached hydrogens (primary N) is 3. The van der Waals surface area contributed by atoms with Crippen LogP contribution < -0.4 is 22.5 Å². The first-order valence-corrected chi connectivity index (χ1v) is 7.65. The summed E-state index contributed by atoms with van der Waals surface area (Å²) in [6.45, 7) is 4.22. The molecule has 0 aromatic carbocycles. The van der Waals surface area contributed by atoms with Crippen LogP contribution in [0.3, 0.4) is 0 Å². The van der Waals surface area contributed by atoms with Crippen LogP contribution in [-0.4, -0.2) is 100 Å². The molecule has 0 heterocycles. The van der Waals surface area contributed by atoms with Crippen molar-refractivity contribution in [2.45, 2.75) is 32.8 Å². The topological polar surface area (TPSA) is 280 Å². The van der Waals surface area contributed by atoms with Gasteiger partial charge >= 0.3 is 17.9 Å². The minimum Gasteiger partial charge on any atom is -0.481 e. The van der Waals surface area contributed by atoms with E-state index in [0.29, 0.717) is 13.1 Å². The number of carboxylic acids is 4. The molecule has 29 heavy (non-hydrogen) atoms. The summed E-state index contributed by atoms with van der Waals surface area (Å²) < 4.78 is 0. The maximum Gasteiger partial charge on any atom is 0.336 e. The van der Waals surface area contributed by atoms with E-state index >= 15 is 0 Å². The van der Waals surface area contributed by atoms with Crippen molar-refractivity contribution in [3.63, 3.8) is 0 Å². The van der Waals surface area contributed by atoms with Gasteiger partial charge in [-0.15, -0.1) is 0 Å². The highest BCUT2D eigenvalue weighted by atomic mass is 16.4. The van der Waals surface area contributed by atoms with E-state index in [4.69, 9.17) is 46.9 Å². The monoisotopic (exact) mass is 434 g/mol. The fraction of sp³-hybridized carbons (Fsp3) is 0.733. The fourth-order valence-corrected chi connectivity index (χ4v) is 1.04. The van der Waals surface area contributed by atoms with Crippen molar-refractivity contribution in [3.05, 3.63) is 0 Å². The van der Waals surface area contributed by atoms with E-state index in [1.807, 2.05) is 0 Å². The summed E-state index contributed by atoms with van der Waals surface area (Å²) in [4.78, 5) is 39.5. The average molecular weight is 434 g/mol. The predicted molar refractivity (Wildman–Crippen MR) is 106 cm³/mol. The second-order valence-electron chi connectivity index (χ2n) is 4.32. The molecule has 0 spiro atoms. The molecule has 0 aromatic rings. The molecule has 0 saturated carbocycles. The van der Waals surface area contributed by atoms with Crippen molar-refractivity contribution in [1.29, 1.82) is 0 Å². The van der Waals surface area contributed by atoms with Gasteiger partial charge in [-0.25, -0.2) is 4.79 Å². The minimum absolute atomic E-state index is 0. The molecule has 13 N–H and O–H groups in total. The molecule has 0 aliphatic heterocycles. The van der Waals surface area contributed by atoms with Gasteiger partial charge in [0.15, 0.2) is 5.60 Å². The van der Waals surface area contributed by atoms with Gasteiger partial charge in [-0.3, -0.25) is 14.4 Å². The largest absolute Gasteiger partial charge is 0.481 e. The van der Waals surface area contributed by atoms with Crippen LogP contribution in [0.5, 0.6) is 0 Å². The van der Waals surface area contributed by atoms with Crippen LogP contribution in [0.15, 0.2) is 0 Å². The van der Waals surface area contributed by atoms with Crippen LogP contribution in [0.1, 0.15) is 27.2 Å². The first-order valence-electron chi connectivity index (χ1n) is 7.65. The fourth-order valence-electron chi connectivity index (χ4n) is 1.04. The molecule has 0 saturated heterocycles. The van der Waals surface area contributed by atoms with Crippen LogP contribution in [-0.2, 0) is 19.2 Å². The lowest BCUT2D eigenvalue weighted by Gasteiger charge is -2.18. The Kier molecular flexibility index (Phi) is 43.1. The molecular weight excluding hydrogens is 396 g/mol. The standard InChI is InChI=1S/C6H8O7.C4H13N3.C2H4O2.CH5N.CH4O.CH4/c7-3(8)1-6(13,5(11)12)2-4(9)10;5-1-3-7-4-2-6;1-2(3)4;2*1-2;/h13H,1-2H2,(H,7,8)(H,9,10)(H,11,12);7H,1-6H2;1H3,(H,3,4);2H2,1H3;2H,1H3;1H4. The Labute approximate surface area is 170 Å². The number of rotatable bonds is 9. The average Bonchev–Trinajstić information content (AvgIpc) is 2.57. The summed E-state index contributed by atoms with van der Waals surface area (Å²) in [5.74, 6) is -5.85. The third kappa shape index (κ3) is 46.0. The number of nitrogens with one attached hydrogen (secondary N) is 1. The minimum atomic E-state index is -2.74. The van der Waals surface area contributed by atoms with Gasteiger partial charge in [0.2, 0.25) is 0 Å². The Morgan fingerprint density at radius 3 is 1.21 bits per heavy atom. The van der Waals surface area contributed by atoms with Crippen molar-refractivity contribution in [2.75, 3.05) is 40.3 Å².